The number of nitrogens with zero attached hydrogens (tertiary/aromatic N) is 3. The van der Waals surface area contributed by atoms with E-state index in [0.717, 1.165) is 11.5 Å². The normalized spacial score (nSPS) is 12.0. The van der Waals surface area contributed by atoms with E-state index in [1.54, 1.807) is 7.11 Å². The molecule has 0 aliphatic rings. The van der Waals surface area contributed by atoms with Crippen LogP contribution in [0, 0.1) is 0 Å². The Hall–Kier alpha value is -2.22. The smallest absolute Gasteiger partial charge is 0.227 e. The van der Waals surface area contributed by atoms with Crippen LogP contribution in [0.3, 0.4) is 0 Å². The number of benzene rings is 1. The van der Waals surface area contributed by atoms with Crippen molar-refractivity contribution in [2.75, 3.05) is 12.9 Å². The zero-order valence-electron chi connectivity index (χ0n) is 13.4. The molecular weight excluding hydrogens is 316 g/mol. The van der Waals surface area contributed by atoms with Crippen LogP contribution in [-0.2, 0) is 11.3 Å². The van der Waals surface area contributed by atoms with Crippen molar-refractivity contribution in [2.24, 2.45) is 5.73 Å². The molecule has 1 heterocycles. The lowest BCUT2D eigenvalue weighted by Crippen LogP contribution is -2.15. The van der Waals surface area contributed by atoms with Crippen LogP contribution in [0.4, 0.5) is 0 Å². The topological polar surface area (TPSA) is 92.3 Å². The molecule has 1 aromatic heterocycles. The van der Waals surface area contributed by atoms with E-state index < -0.39 is 0 Å². The van der Waals surface area contributed by atoms with Gasteiger partial charge in [0.1, 0.15) is 11.5 Å². The minimum atomic E-state index is -0.385. The molecule has 8 heteroatoms. The summed E-state index contributed by atoms with van der Waals surface area (Å²) in [6.45, 7) is 4.57. The number of hydrogen-bond acceptors (Lipinski definition) is 6. The lowest BCUT2D eigenvalue weighted by molar-refractivity contribution is -0.115. The summed E-state index contributed by atoms with van der Waals surface area (Å²) in [4.78, 5) is 10.9. The Kier molecular flexibility index (Phi) is 5.86. The highest BCUT2D eigenvalue weighted by molar-refractivity contribution is 7.99. The van der Waals surface area contributed by atoms with Crippen LogP contribution >= 0.6 is 11.8 Å². The summed E-state index contributed by atoms with van der Waals surface area (Å²) >= 11 is 1.27. The number of ether oxygens (including phenoxy) is 2. The molecule has 7 nitrogen and oxygen atoms in total. The highest BCUT2D eigenvalue weighted by atomic mass is 32.2. The van der Waals surface area contributed by atoms with Crippen LogP contribution in [-0.4, -0.2) is 33.5 Å². The maximum atomic E-state index is 10.9. The van der Waals surface area contributed by atoms with Gasteiger partial charge in [0.2, 0.25) is 5.91 Å². The third kappa shape index (κ3) is 4.38. The van der Waals surface area contributed by atoms with Crippen LogP contribution < -0.4 is 15.2 Å². The summed E-state index contributed by atoms with van der Waals surface area (Å²) in [5.74, 6) is 1.98. The summed E-state index contributed by atoms with van der Waals surface area (Å²) in [7, 11) is 1.62. The second kappa shape index (κ2) is 7.87. The Labute approximate surface area is 139 Å². The van der Waals surface area contributed by atoms with Gasteiger partial charge in [-0.25, -0.2) is 0 Å². The predicted molar refractivity (Wildman–Crippen MR) is 87.7 cm³/mol. The fraction of sp³-hybridized carbons (Fsp3) is 0.400. The summed E-state index contributed by atoms with van der Waals surface area (Å²) in [6.07, 6.45) is -0.279. The lowest BCUT2D eigenvalue weighted by atomic mass is 10.3. The lowest BCUT2D eigenvalue weighted by Gasteiger charge is -2.15. The van der Waals surface area contributed by atoms with Gasteiger partial charge in [-0.15, -0.1) is 10.2 Å². The monoisotopic (exact) mass is 336 g/mol. The van der Waals surface area contributed by atoms with E-state index in [-0.39, 0.29) is 17.8 Å². The molecule has 1 atom stereocenters. The number of rotatable bonds is 8. The first-order chi connectivity index (χ1) is 11.0. The highest BCUT2D eigenvalue weighted by Gasteiger charge is 2.19. The predicted octanol–water partition coefficient (Wildman–Crippen LogP) is 2.02. The fourth-order valence-corrected chi connectivity index (χ4v) is 2.80. The number of methoxy groups -OCH3 is 1. The Morgan fingerprint density at radius 3 is 2.52 bits per heavy atom. The van der Waals surface area contributed by atoms with Crippen molar-refractivity contribution >= 4 is 17.7 Å². The summed E-state index contributed by atoms with van der Waals surface area (Å²) in [5.41, 5.74) is 5.17. The van der Waals surface area contributed by atoms with Gasteiger partial charge in [0.05, 0.1) is 12.9 Å². The molecule has 0 fully saturated rings. The number of carbonyl (C=O) groups excluding carboxylic acids is 1. The van der Waals surface area contributed by atoms with Crippen molar-refractivity contribution in [3.05, 3.63) is 30.1 Å². The van der Waals surface area contributed by atoms with Crippen molar-refractivity contribution in [2.45, 2.75) is 31.7 Å². The molecule has 0 aliphatic carbocycles. The van der Waals surface area contributed by atoms with Crippen LogP contribution in [0.25, 0.3) is 0 Å². The summed E-state index contributed by atoms with van der Waals surface area (Å²) in [5, 5.41) is 8.96. The summed E-state index contributed by atoms with van der Waals surface area (Å²) in [6, 6.07) is 7.34. The van der Waals surface area contributed by atoms with E-state index in [0.29, 0.717) is 17.5 Å². The Balaban J connectivity index is 2.11. The van der Waals surface area contributed by atoms with Crippen molar-refractivity contribution in [3.8, 4) is 11.5 Å². The maximum absolute atomic E-state index is 10.9. The van der Waals surface area contributed by atoms with E-state index in [2.05, 4.69) is 10.2 Å². The van der Waals surface area contributed by atoms with Gasteiger partial charge in [0.25, 0.3) is 0 Å². The number of nitrogens with two attached hydrogens (primary N) is 1. The van der Waals surface area contributed by atoms with Gasteiger partial charge < -0.3 is 19.8 Å². The molecule has 0 bridgehead atoms. The van der Waals surface area contributed by atoms with Crippen molar-refractivity contribution in [1.29, 1.82) is 0 Å². The first-order valence-electron chi connectivity index (χ1n) is 7.20. The number of aromatic nitrogens is 3. The average Bonchev–Trinajstić information content (AvgIpc) is 2.96. The van der Waals surface area contributed by atoms with Crippen LogP contribution in [0.2, 0.25) is 0 Å². The molecule has 1 aromatic carbocycles. The van der Waals surface area contributed by atoms with Crippen molar-refractivity contribution in [1.82, 2.24) is 14.8 Å². The minimum absolute atomic E-state index is 0.172. The molecule has 2 aromatic rings. The highest BCUT2D eigenvalue weighted by Crippen LogP contribution is 2.25. The molecule has 0 aliphatic heterocycles. The van der Waals surface area contributed by atoms with Gasteiger partial charge in [-0.05, 0) is 38.1 Å². The first kappa shape index (κ1) is 17.1. The van der Waals surface area contributed by atoms with Gasteiger partial charge in [0.15, 0.2) is 17.1 Å². The quantitative estimate of drug-likeness (QED) is 0.742. The van der Waals surface area contributed by atoms with Crippen molar-refractivity contribution in [3.63, 3.8) is 0 Å². The fourth-order valence-electron chi connectivity index (χ4n) is 2.05. The largest absolute Gasteiger partial charge is 0.497 e. The van der Waals surface area contributed by atoms with E-state index in [1.165, 1.54) is 11.8 Å². The van der Waals surface area contributed by atoms with E-state index in [4.69, 9.17) is 15.2 Å². The molecule has 124 valence electrons. The molecule has 1 unspecified atom stereocenters. The van der Waals surface area contributed by atoms with Gasteiger partial charge in [-0.2, -0.15) is 0 Å². The zero-order chi connectivity index (χ0) is 16.8. The Morgan fingerprint density at radius 2 is 1.96 bits per heavy atom. The molecule has 0 radical (unpaired) electrons. The second-order valence-electron chi connectivity index (χ2n) is 4.78. The Bertz CT molecular complexity index is 657. The number of primary amides is 1. The first-order valence-corrected chi connectivity index (χ1v) is 8.18. The van der Waals surface area contributed by atoms with Crippen molar-refractivity contribution < 1.29 is 14.3 Å². The third-order valence-electron chi connectivity index (χ3n) is 3.14. The zero-order valence-corrected chi connectivity index (χ0v) is 14.2. The summed E-state index contributed by atoms with van der Waals surface area (Å²) < 4.78 is 12.9. The van der Waals surface area contributed by atoms with E-state index in [1.807, 2.05) is 42.7 Å². The van der Waals surface area contributed by atoms with Gasteiger partial charge in [-0.3, -0.25) is 4.79 Å². The third-order valence-corrected chi connectivity index (χ3v) is 4.13. The molecular formula is C15H20N4O3S. The van der Waals surface area contributed by atoms with Crippen LogP contribution in [0.15, 0.2) is 29.4 Å². The second-order valence-corrected chi connectivity index (χ2v) is 5.72. The number of hydrogen-bond donors (Lipinski definition) is 1. The van der Waals surface area contributed by atoms with Crippen LogP contribution in [0.5, 0.6) is 11.5 Å². The van der Waals surface area contributed by atoms with Gasteiger partial charge >= 0.3 is 0 Å². The molecule has 0 saturated heterocycles. The van der Waals surface area contributed by atoms with Gasteiger partial charge in [-0.1, -0.05) is 11.8 Å². The minimum Gasteiger partial charge on any atom is -0.497 e. The molecule has 1 amide bonds. The van der Waals surface area contributed by atoms with Crippen LogP contribution in [0.1, 0.15) is 25.8 Å². The SMILES string of the molecule is CCn1c(SCC(N)=O)nnc1C(C)Oc1ccc(OC)cc1. The molecule has 0 spiro atoms. The number of carbonyl (C=O) groups is 1. The molecule has 23 heavy (non-hydrogen) atoms. The van der Waals surface area contributed by atoms with E-state index >= 15 is 0 Å². The standard InChI is InChI=1S/C15H20N4O3S/c1-4-19-14(17-18-15(19)23-9-13(16)20)10(2)22-12-7-5-11(21-3)6-8-12/h5-8,10H,4,9H2,1-3H3,(H2,16,20). The van der Waals surface area contributed by atoms with E-state index in [9.17, 15) is 4.79 Å². The number of thioether (sulfide) groups is 1. The molecule has 2 N–H and O–H groups in total. The molecule has 2 rings (SSSR count). The number of amides is 1. The average molecular weight is 336 g/mol. The van der Waals surface area contributed by atoms with Gasteiger partial charge in [0, 0.05) is 6.54 Å². The maximum Gasteiger partial charge on any atom is 0.227 e. The Morgan fingerprint density at radius 1 is 1.30 bits per heavy atom. The molecule has 0 saturated carbocycles.